The molecule has 5 aliphatic rings. The molecule has 5 fully saturated rings. The summed E-state index contributed by atoms with van der Waals surface area (Å²) in [6, 6.07) is 18.8. The van der Waals surface area contributed by atoms with Crippen molar-refractivity contribution in [3.63, 3.8) is 0 Å². The number of piperazine rings is 2. The van der Waals surface area contributed by atoms with E-state index in [1.165, 1.54) is 33.1 Å². The van der Waals surface area contributed by atoms with Crippen LogP contribution < -0.4 is 35.9 Å². The van der Waals surface area contributed by atoms with Gasteiger partial charge in [-0.2, -0.15) is 28.2 Å². The van der Waals surface area contributed by atoms with Crippen LogP contribution in [0.5, 0.6) is 17.2 Å². The fraction of sp³-hybridized carbons (Fsp3) is 0.448. The van der Waals surface area contributed by atoms with Crippen molar-refractivity contribution in [1.82, 2.24) is 28.2 Å². The number of anilines is 2. The van der Waals surface area contributed by atoms with Crippen molar-refractivity contribution in [3.05, 3.63) is 152 Å². The summed E-state index contributed by atoms with van der Waals surface area (Å²) in [5.41, 5.74) is 0.397. The molecule has 0 amide bonds. The molecule has 0 atom stereocenters. The molecule has 3 saturated heterocycles. The fourth-order valence-electron chi connectivity index (χ4n) is 9.84. The quantitative estimate of drug-likeness (QED) is 0.0746. The van der Waals surface area contributed by atoms with Gasteiger partial charge in [-0.25, -0.2) is 34.4 Å². The molecule has 2 aromatic heterocycles. The maximum absolute atomic E-state index is 13.9. The van der Waals surface area contributed by atoms with E-state index in [9.17, 15) is 49.1 Å². The normalized spacial score (nSPS) is 19.1. The van der Waals surface area contributed by atoms with Gasteiger partial charge in [0.1, 0.15) is 40.4 Å². The summed E-state index contributed by atoms with van der Waals surface area (Å²) in [6.45, 7) is 14.6. The smallest absolute Gasteiger partial charge is 0.494 e. The van der Waals surface area contributed by atoms with Crippen LogP contribution in [0.3, 0.4) is 0 Å². The van der Waals surface area contributed by atoms with Gasteiger partial charge in [0, 0.05) is 75.3 Å². The predicted molar refractivity (Wildman–Crippen MR) is 308 cm³/mol. The molecule has 2 aliphatic carbocycles. The highest BCUT2D eigenvalue weighted by atomic mass is 32.2. The monoisotopic (exact) mass is 1200 g/mol. The van der Waals surface area contributed by atoms with Crippen LogP contribution in [0.2, 0.25) is 0 Å². The molecule has 0 bridgehead atoms. The first-order valence-electron chi connectivity index (χ1n) is 27.7. The number of hydrogen-bond donors (Lipinski definition) is 1. The molecule has 4 aromatic carbocycles. The van der Waals surface area contributed by atoms with Crippen molar-refractivity contribution < 1.29 is 58.3 Å². The number of nitrogens with zero attached hydrogens (tertiary/aromatic N) is 8. The van der Waals surface area contributed by atoms with E-state index in [2.05, 4.69) is 17.1 Å². The third-order valence-electron chi connectivity index (χ3n) is 16.4. The summed E-state index contributed by atoms with van der Waals surface area (Å²) < 4.78 is 137. The maximum atomic E-state index is 13.9. The maximum Gasteiger partial charge on any atom is 0.494 e. The molecule has 6 aromatic rings. The molecule has 5 heterocycles. The average Bonchev–Trinajstić information content (AvgIpc) is 1.93. The first-order chi connectivity index (χ1) is 39.6. The zero-order valence-corrected chi connectivity index (χ0v) is 49.2. The minimum Gasteiger partial charge on any atom is -0.508 e. The van der Waals surface area contributed by atoms with E-state index in [-0.39, 0.29) is 77.1 Å². The van der Waals surface area contributed by atoms with Crippen LogP contribution in [0.4, 0.5) is 28.9 Å². The minimum absolute atomic E-state index is 0.0122. The van der Waals surface area contributed by atoms with Crippen LogP contribution in [0.1, 0.15) is 78.4 Å². The van der Waals surface area contributed by atoms with Crippen LogP contribution >= 0.6 is 0 Å². The van der Waals surface area contributed by atoms with Crippen LogP contribution in [0.15, 0.2) is 107 Å². The molecule has 3 aliphatic heterocycles. The number of ether oxygens (including phenoxy) is 2. The van der Waals surface area contributed by atoms with E-state index in [0.29, 0.717) is 68.0 Å². The zero-order valence-electron chi connectivity index (χ0n) is 47.6. The summed E-state index contributed by atoms with van der Waals surface area (Å²) in [5.74, 6) is -3.60. The van der Waals surface area contributed by atoms with Crippen molar-refractivity contribution in [3.8, 4) is 28.6 Å². The van der Waals surface area contributed by atoms with Crippen LogP contribution in [0, 0.1) is 34.1 Å². The van der Waals surface area contributed by atoms with E-state index >= 15 is 0 Å². The Morgan fingerprint density at radius 1 is 0.536 bits per heavy atom. The van der Waals surface area contributed by atoms with E-state index in [1.54, 1.807) is 24.3 Å². The lowest BCUT2D eigenvalue weighted by Gasteiger charge is -2.35. The Hall–Kier alpha value is -6.84. The van der Waals surface area contributed by atoms with Gasteiger partial charge in [-0.05, 0) is 106 Å². The second-order valence-electron chi connectivity index (χ2n) is 23.9. The van der Waals surface area contributed by atoms with Gasteiger partial charge in [0.25, 0.3) is 0 Å². The summed E-state index contributed by atoms with van der Waals surface area (Å²) in [4.78, 5) is 30.7. The second kappa shape index (κ2) is 23.2. The van der Waals surface area contributed by atoms with E-state index in [4.69, 9.17) is 18.8 Å². The van der Waals surface area contributed by atoms with Crippen molar-refractivity contribution in [1.29, 1.82) is 0 Å². The topological polar surface area (TPSA) is 208 Å². The fourth-order valence-corrected chi connectivity index (χ4v) is 12.9. The summed E-state index contributed by atoms with van der Waals surface area (Å²) in [6.07, 6.45) is 6.71. The average molecular weight is 1200 g/mol. The SMILES string of the molecule is CC1(COc2c(N3CCN(S(=O)(=O)Cc4ccc(B5OC(C)(C)C(C)(C)O5)cc4)CC3)cnn(-c3cc(F)cc(F)c3)c2=O)CC1.CC1(COc2c(N3CCN(S(=O)(=O)Cc4ccc(O)cc4)CC3)cnn(-c3cc(F)cc(F)c3)c2=O)CC1. The van der Waals surface area contributed by atoms with E-state index in [0.717, 1.165) is 70.8 Å². The second-order valence-corrected chi connectivity index (χ2v) is 27.8. The van der Waals surface area contributed by atoms with Crippen LogP contribution in [-0.4, -0.2) is 134 Å². The molecule has 0 unspecified atom stereocenters. The Labute approximate surface area is 485 Å². The van der Waals surface area contributed by atoms with Gasteiger partial charge < -0.3 is 33.7 Å². The third kappa shape index (κ3) is 13.6. The number of aromatic nitrogens is 4. The number of sulfonamides is 2. The molecule has 1 N–H and O–H groups in total. The molecule has 2 saturated carbocycles. The van der Waals surface area contributed by atoms with Gasteiger partial charge in [0.05, 0.1) is 59.7 Å². The molecule has 0 spiro atoms. The van der Waals surface area contributed by atoms with Crippen molar-refractivity contribution >= 4 is 44.0 Å². The Bertz CT molecular complexity index is 3720. The highest BCUT2D eigenvalue weighted by molar-refractivity contribution is 7.88. The number of rotatable bonds is 17. The summed E-state index contributed by atoms with van der Waals surface area (Å²) in [5, 5.41) is 17.8. The molecule has 19 nitrogen and oxygen atoms in total. The predicted octanol–water partition coefficient (Wildman–Crippen LogP) is 6.69. The van der Waals surface area contributed by atoms with E-state index in [1.807, 2.05) is 56.6 Å². The Balaban J connectivity index is 0.000000191. The molecule has 448 valence electrons. The zero-order chi connectivity index (χ0) is 60.1. The lowest BCUT2D eigenvalue weighted by molar-refractivity contribution is 0.00578. The van der Waals surface area contributed by atoms with Crippen LogP contribution in [-0.2, 0) is 40.9 Å². The summed E-state index contributed by atoms with van der Waals surface area (Å²) in [7, 11) is -7.78. The molecule has 84 heavy (non-hydrogen) atoms. The molecule has 11 rings (SSSR count). The Morgan fingerprint density at radius 3 is 1.23 bits per heavy atom. The van der Waals surface area contributed by atoms with E-state index < -0.39 is 72.8 Å². The summed E-state index contributed by atoms with van der Waals surface area (Å²) >= 11 is 0. The molecule has 26 heteroatoms. The molecular weight excluding hydrogens is 1140 g/mol. The highest BCUT2D eigenvalue weighted by Gasteiger charge is 2.52. The lowest BCUT2D eigenvalue weighted by Crippen LogP contribution is -2.49. The van der Waals surface area contributed by atoms with Gasteiger partial charge in [-0.1, -0.05) is 50.2 Å². The van der Waals surface area contributed by atoms with Gasteiger partial charge in [0.2, 0.25) is 31.5 Å². The van der Waals surface area contributed by atoms with Gasteiger partial charge in [-0.15, -0.1) is 0 Å². The Kier molecular flexibility index (Phi) is 16.7. The minimum atomic E-state index is -3.64. The largest absolute Gasteiger partial charge is 0.508 e. The van der Waals surface area contributed by atoms with Crippen molar-refractivity contribution in [2.45, 2.75) is 89.9 Å². The number of phenolic OH excluding ortho intramolecular Hbond substituents is 1. The number of benzene rings is 4. The number of phenols is 1. The molecular formula is C58H67BF4N8O11S2. The first kappa shape index (κ1) is 60.3. The standard InChI is InChI=1S/C32H39BF2N4O6S.C26H28F2N4O5S/c1-30(2)31(3,4)45-33(44-30)23-8-6-22(7-9-23)20-46(41,42)38-14-12-37(13-15-38)27-19-36-39(26-17-24(34)16-25(35)18-26)29(40)28(27)43-21-32(5)10-11-32;1-26(6-7-26)17-37-24-23(15-29-32(25(24)34)21-13-19(27)12-20(28)14-21)30-8-10-31(11-9-30)38(35,36)16-18-2-4-22(33)5-3-18/h6-9,16-19H,10-15,20-21H2,1-5H3;2-5,12-15,33H,6-11,16-17H2,1H3. The number of halogens is 4. The van der Waals surface area contributed by atoms with Gasteiger partial charge in [0.15, 0.2) is 0 Å². The van der Waals surface area contributed by atoms with Gasteiger partial charge in [-0.3, -0.25) is 9.59 Å². The Morgan fingerprint density at radius 2 is 0.881 bits per heavy atom. The van der Waals surface area contributed by atoms with Crippen molar-refractivity contribution in [2.75, 3.05) is 75.4 Å². The number of aromatic hydroxyl groups is 1. The van der Waals surface area contributed by atoms with Crippen molar-refractivity contribution in [2.24, 2.45) is 10.8 Å². The first-order valence-corrected chi connectivity index (χ1v) is 30.9. The highest BCUT2D eigenvalue weighted by Crippen LogP contribution is 2.46. The third-order valence-corrected chi connectivity index (χ3v) is 20.1. The van der Waals surface area contributed by atoms with Gasteiger partial charge >= 0.3 is 18.2 Å². The molecule has 0 radical (unpaired) electrons. The van der Waals surface area contributed by atoms with Crippen LogP contribution in [0.25, 0.3) is 11.4 Å². The lowest BCUT2D eigenvalue weighted by atomic mass is 9.79. The number of hydrogen-bond acceptors (Lipinski definition) is 15.